The van der Waals surface area contributed by atoms with Crippen LogP contribution >= 0.6 is 0 Å². The molecule has 0 aliphatic rings. The van der Waals surface area contributed by atoms with E-state index in [1.54, 1.807) is 0 Å². The highest BCUT2D eigenvalue weighted by Crippen LogP contribution is 2.18. The van der Waals surface area contributed by atoms with Crippen LogP contribution in [0.1, 0.15) is 39.7 Å². The van der Waals surface area contributed by atoms with Crippen LogP contribution < -0.4 is 4.74 Å². The summed E-state index contributed by atoms with van der Waals surface area (Å²) in [6, 6.07) is 8.45. The smallest absolute Gasteiger partial charge is 0.119 e. The van der Waals surface area contributed by atoms with E-state index in [2.05, 4.69) is 45.9 Å². The van der Waals surface area contributed by atoms with E-state index >= 15 is 0 Å². The Labute approximate surface area is 93.5 Å². The molecule has 0 heterocycles. The third kappa shape index (κ3) is 4.37. The molecule has 1 heteroatoms. The van der Waals surface area contributed by atoms with E-state index in [1.165, 1.54) is 5.56 Å². The molecule has 15 heavy (non-hydrogen) atoms. The van der Waals surface area contributed by atoms with E-state index in [-0.39, 0.29) is 0 Å². The number of hydrogen-bond donors (Lipinski definition) is 0. The van der Waals surface area contributed by atoms with Gasteiger partial charge in [-0.3, -0.25) is 0 Å². The predicted octanol–water partition coefficient (Wildman–Crippen LogP) is 4.06. The van der Waals surface area contributed by atoms with Crippen LogP contribution in [0, 0.1) is 5.92 Å². The highest BCUT2D eigenvalue weighted by atomic mass is 16.5. The topological polar surface area (TPSA) is 9.23 Å². The van der Waals surface area contributed by atoms with Crippen LogP contribution in [0.4, 0.5) is 0 Å². The van der Waals surface area contributed by atoms with Crippen LogP contribution in [0.15, 0.2) is 24.3 Å². The first-order chi connectivity index (χ1) is 7.11. The second-order valence-corrected chi connectivity index (χ2v) is 4.58. The fourth-order valence-electron chi connectivity index (χ4n) is 1.53. The van der Waals surface area contributed by atoms with Gasteiger partial charge in [-0.25, -0.2) is 0 Å². The Hall–Kier alpha value is -0.980. The second kappa shape index (κ2) is 5.79. The van der Waals surface area contributed by atoms with Crippen molar-refractivity contribution in [2.24, 2.45) is 5.92 Å². The van der Waals surface area contributed by atoms with E-state index in [1.807, 2.05) is 6.07 Å². The Morgan fingerprint density at radius 1 is 1.20 bits per heavy atom. The lowest BCUT2D eigenvalue weighted by atomic mass is 10.0. The Bertz CT molecular complexity index is 291. The van der Waals surface area contributed by atoms with Gasteiger partial charge in [-0.1, -0.05) is 32.9 Å². The third-order valence-electron chi connectivity index (χ3n) is 2.45. The fraction of sp³-hybridized carbons (Fsp3) is 0.571. The minimum atomic E-state index is 0.305. The zero-order valence-electron chi connectivity index (χ0n) is 10.3. The quantitative estimate of drug-likeness (QED) is 0.706. The Morgan fingerprint density at radius 2 is 1.93 bits per heavy atom. The zero-order valence-corrected chi connectivity index (χ0v) is 10.3. The Morgan fingerprint density at radius 3 is 2.53 bits per heavy atom. The molecule has 0 radical (unpaired) electrons. The van der Waals surface area contributed by atoms with Crippen molar-refractivity contribution in [3.63, 3.8) is 0 Å². The van der Waals surface area contributed by atoms with Crippen LogP contribution in [-0.4, -0.2) is 6.10 Å². The summed E-state index contributed by atoms with van der Waals surface area (Å²) in [5.74, 6) is 1.70. The summed E-state index contributed by atoms with van der Waals surface area (Å²) in [5.41, 5.74) is 1.37. The van der Waals surface area contributed by atoms with Gasteiger partial charge in [-0.05, 0) is 43.4 Å². The average molecular weight is 206 g/mol. The van der Waals surface area contributed by atoms with Crippen molar-refractivity contribution in [2.75, 3.05) is 0 Å². The van der Waals surface area contributed by atoms with Crippen molar-refractivity contribution in [2.45, 2.75) is 46.6 Å². The molecular formula is C14H22O. The maximum atomic E-state index is 5.79. The lowest BCUT2D eigenvalue weighted by Gasteiger charge is -2.13. The van der Waals surface area contributed by atoms with Crippen molar-refractivity contribution < 1.29 is 4.74 Å². The molecule has 0 aromatic heterocycles. The van der Waals surface area contributed by atoms with Gasteiger partial charge in [0, 0.05) is 0 Å². The lowest BCUT2D eigenvalue weighted by Crippen LogP contribution is -2.09. The van der Waals surface area contributed by atoms with Crippen molar-refractivity contribution in [3.05, 3.63) is 29.8 Å². The fourth-order valence-corrected chi connectivity index (χ4v) is 1.53. The summed E-state index contributed by atoms with van der Waals surface area (Å²) in [6.07, 6.45) is 2.48. The highest BCUT2D eigenvalue weighted by molar-refractivity contribution is 5.28. The molecule has 1 unspecified atom stereocenters. The van der Waals surface area contributed by atoms with Crippen molar-refractivity contribution >= 4 is 0 Å². The molecule has 1 aromatic rings. The molecule has 0 amide bonds. The summed E-state index contributed by atoms with van der Waals surface area (Å²) in [5, 5.41) is 0. The molecular weight excluding hydrogens is 184 g/mol. The van der Waals surface area contributed by atoms with E-state index in [4.69, 9.17) is 4.74 Å². The molecule has 0 N–H and O–H groups in total. The van der Waals surface area contributed by atoms with Crippen LogP contribution in [0.2, 0.25) is 0 Å². The Balaban J connectivity index is 2.65. The zero-order chi connectivity index (χ0) is 11.3. The monoisotopic (exact) mass is 206 g/mol. The van der Waals surface area contributed by atoms with Crippen molar-refractivity contribution in [3.8, 4) is 5.75 Å². The van der Waals surface area contributed by atoms with Crippen molar-refractivity contribution in [1.29, 1.82) is 0 Å². The maximum Gasteiger partial charge on any atom is 0.119 e. The van der Waals surface area contributed by atoms with Crippen LogP contribution in [0.25, 0.3) is 0 Å². The molecule has 0 aliphatic carbocycles. The van der Waals surface area contributed by atoms with E-state index < -0.39 is 0 Å². The molecule has 84 valence electrons. The first kappa shape index (κ1) is 12.1. The largest absolute Gasteiger partial charge is 0.491 e. The molecule has 1 rings (SSSR count). The van der Waals surface area contributed by atoms with Gasteiger partial charge in [0.25, 0.3) is 0 Å². The van der Waals surface area contributed by atoms with E-state index in [0.29, 0.717) is 12.0 Å². The summed E-state index contributed by atoms with van der Waals surface area (Å²) in [7, 11) is 0. The molecule has 1 aromatic carbocycles. The van der Waals surface area contributed by atoms with E-state index in [9.17, 15) is 0 Å². The van der Waals surface area contributed by atoms with Gasteiger partial charge in [-0.15, -0.1) is 0 Å². The van der Waals surface area contributed by atoms with Gasteiger partial charge in [0.05, 0.1) is 6.10 Å². The SMILES string of the molecule is CCC(C)Oc1cccc(CC(C)C)c1. The standard InChI is InChI=1S/C14H22O/c1-5-12(4)15-14-8-6-7-13(10-14)9-11(2)3/h6-8,10-12H,5,9H2,1-4H3. The first-order valence-electron chi connectivity index (χ1n) is 5.87. The van der Waals surface area contributed by atoms with Crippen LogP contribution in [-0.2, 0) is 6.42 Å². The summed E-state index contributed by atoms with van der Waals surface area (Å²) in [4.78, 5) is 0. The number of hydrogen-bond acceptors (Lipinski definition) is 1. The van der Waals surface area contributed by atoms with Gasteiger partial charge in [0.1, 0.15) is 5.75 Å². The van der Waals surface area contributed by atoms with Gasteiger partial charge in [-0.2, -0.15) is 0 Å². The van der Waals surface area contributed by atoms with Crippen molar-refractivity contribution in [1.82, 2.24) is 0 Å². The first-order valence-corrected chi connectivity index (χ1v) is 5.87. The molecule has 0 bridgehead atoms. The maximum absolute atomic E-state index is 5.79. The lowest BCUT2D eigenvalue weighted by molar-refractivity contribution is 0.217. The predicted molar refractivity (Wildman–Crippen MR) is 65.4 cm³/mol. The van der Waals surface area contributed by atoms with Gasteiger partial charge in [0.2, 0.25) is 0 Å². The summed E-state index contributed by atoms with van der Waals surface area (Å²) >= 11 is 0. The average Bonchev–Trinajstić information content (AvgIpc) is 2.17. The van der Waals surface area contributed by atoms with Crippen LogP contribution in [0.5, 0.6) is 5.75 Å². The minimum Gasteiger partial charge on any atom is -0.491 e. The molecule has 0 saturated heterocycles. The second-order valence-electron chi connectivity index (χ2n) is 4.58. The van der Waals surface area contributed by atoms with Gasteiger partial charge in [0.15, 0.2) is 0 Å². The van der Waals surface area contributed by atoms with Gasteiger partial charge < -0.3 is 4.74 Å². The molecule has 1 nitrogen and oxygen atoms in total. The van der Waals surface area contributed by atoms with Gasteiger partial charge >= 0.3 is 0 Å². The number of benzene rings is 1. The number of rotatable bonds is 5. The van der Waals surface area contributed by atoms with E-state index in [0.717, 1.165) is 18.6 Å². The third-order valence-corrected chi connectivity index (χ3v) is 2.45. The molecule has 1 atom stereocenters. The Kier molecular flexibility index (Phi) is 4.67. The molecule has 0 spiro atoms. The molecule has 0 saturated carbocycles. The normalized spacial score (nSPS) is 12.9. The highest BCUT2D eigenvalue weighted by Gasteiger charge is 2.03. The molecule has 0 aliphatic heterocycles. The number of ether oxygens (including phenoxy) is 1. The molecule has 0 fully saturated rings. The van der Waals surface area contributed by atoms with Crippen LogP contribution in [0.3, 0.4) is 0 Å². The summed E-state index contributed by atoms with van der Waals surface area (Å²) in [6.45, 7) is 8.72. The summed E-state index contributed by atoms with van der Waals surface area (Å²) < 4.78 is 5.79. The minimum absolute atomic E-state index is 0.305.